The van der Waals surface area contributed by atoms with E-state index >= 15 is 0 Å². The van der Waals surface area contributed by atoms with E-state index in [0.717, 1.165) is 12.1 Å². The molecular weight excluding hydrogens is 450 g/mol. The Morgan fingerprint density at radius 2 is 1.60 bits per heavy atom. The Kier molecular flexibility index (Phi) is 6.52. The molecule has 0 aliphatic carbocycles. The van der Waals surface area contributed by atoms with E-state index in [0.29, 0.717) is 24.3 Å². The Morgan fingerprint density at radius 3 is 2.10 bits per heavy atom. The van der Waals surface area contributed by atoms with Gasteiger partial charge in [0.2, 0.25) is 0 Å². The van der Waals surface area contributed by atoms with Gasteiger partial charge in [-0.1, -0.05) is 11.6 Å². The van der Waals surface area contributed by atoms with Gasteiger partial charge < -0.3 is 19.7 Å². The number of aliphatic hydroxyl groups excluding tert-OH is 1. The molecule has 0 radical (unpaired) electrons. The van der Waals surface area contributed by atoms with E-state index in [4.69, 9.17) is 26.6 Å². The van der Waals surface area contributed by atoms with Crippen molar-refractivity contribution in [1.29, 1.82) is 0 Å². The molecule has 0 heterocycles. The number of hydrogen-bond acceptors (Lipinski definition) is 5. The minimum atomic E-state index is -5.06. The van der Waals surface area contributed by atoms with Gasteiger partial charge >= 0.3 is 24.3 Å². The van der Waals surface area contributed by atoms with Gasteiger partial charge in [-0.2, -0.15) is 26.3 Å². The SMILES string of the molecule is O=C(OC(O)C(=O)O)c1cc(Oc2ccc(C(F)(F)F)cc2Cl)ccc1C(F)(F)F. The topological polar surface area (TPSA) is 93.1 Å². The van der Waals surface area contributed by atoms with Crippen LogP contribution in [0.15, 0.2) is 36.4 Å². The number of rotatable bonds is 5. The molecule has 13 heteroatoms. The van der Waals surface area contributed by atoms with Gasteiger partial charge in [0.15, 0.2) is 0 Å². The Labute approximate surface area is 168 Å². The van der Waals surface area contributed by atoms with Crippen molar-refractivity contribution in [2.45, 2.75) is 18.6 Å². The minimum absolute atomic E-state index is 0.366. The molecule has 6 nitrogen and oxygen atoms in total. The molecule has 0 saturated carbocycles. The number of halogens is 7. The number of hydrogen-bond donors (Lipinski definition) is 2. The Balaban J connectivity index is 2.41. The van der Waals surface area contributed by atoms with Crippen LogP contribution in [-0.4, -0.2) is 28.4 Å². The molecule has 1 unspecified atom stereocenters. The predicted molar refractivity (Wildman–Crippen MR) is 87.0 cm³/mol. The molecule has 1 atom stereocenters. The van der Waals surface area contributed by atoms with Crippen molar-refractivity contribution in [1.82, 2.24) is 0 Å². The van der Waals surface area contributed by atoms with E-state index in [1.807, 2.05) is 0 Å². The first-order valence-electron chi connectivity index (χ1n) is 7.58. The van der Waals surface area contributed by atoms with Gasteiger partial charge in [0.25, 0.3) is 6.29 Å². The summed E-state index contributed by atoms with van der Waals surface area (Å²) in [6, 6.07) is 3.62. The quantitative estimate of drug-likeness (QED) is 0.382. The molecule has 0 fully saturated rings. The van der Waals surface area contributed by atoms with Crippen molar-refractivity contribution in [3.63, 3.8) is 0 Å². The van der Waals surface area contributed by atoms with E-state index in [9.17, 15) is 35.9 Å². The van der Waals surface area contributed by atoms with Crippen LogP contribution in [0, 0.1) is 0 Å². The van der Waals surface area contributed by atoms with E-state index in [-0.39, 0.29) is 5.75 Å². The van der Waals surface area contributed by atoms with Crippen molar-refractivity contribution in [2.24, 2.45) is 0 Å². The van der Waals surface area contributed by atoms with E-state index in [2.05, 4.69) is 4.74 Å². The summed E-state index contributed by atoms with van der Waals surface area (Å²) in [5.41, 5.74) is -3.83. The second-order valence-electron chi connectivity index (χ2n) is 5.55. The summed E-state index contributed by atoms with van der Waals surface area (Å²) in [5, 5.41) is 17.0. The van der Waals surface area contributed by atoms with Crippen LogP contribution in [0.5, 0.6) is 11.5 Å². The molecule has 0 aliphatic heterocycles. The van der Waals surface area contributed by atoms with Gasteiger partial charge in [-0.15, -0.1) is 0 Å². The van der Waals surface area contributed by atoms with Crippen molar-refractivity contribution in [3.05, 3.63) is 58.1 Å². The van der Waals surface area contributed by atoms with Crippen molar-refractivity contribution < 1.29 is 55.6 Å². The lowest BCUT2D eigenvalue weighted by atomic mass is 10.1. The van der Waals surface area contributed by atoms with Crippen molar-refractivity contribution >= 4 is 23.5 Å². The molecule has 2 aromatic rings. The highest BCUT2D eigenvalue weighted by atomic mass is 35.5. The summed E-state index contributed by atoms with van der Waals surface area (Å²) in [6.07, 6.45) is -12.5. The van der Waals surface area contributed by atoms with E-state index in [1.165, 1.54) is 0 Å². The fraction of sp³-hybridized carbons (Fsp3) is 0.176. The Morgan fingerprint density at radius 1 is 0.967 bits per heavy atom. The maximum atomic E-state index is 13.1. The van der Waals surface area contributed by atoms with Gasteiger partial charge in [-0.3, -0.25) is 0 Å². The average molecular weight is 459 g/mol. The number of esters is 1. The summed E-state index contributed by atoms with van der Waals surface area (Å²) in [5.74, 6) is -4.68. The largest absolute Gasteiger partial charge is 0.477 e. The molecule has 30 heavy (non-hydrogen) atoms. The molecule has 2 N–H and O–H groups in total. The van der Waals surface area contributed by atoms with Gasteiger partial charge in [0.05, 0.1) is 21.7 Å². The van der Waals surface area contributed by atoms with Crippen LogP contribution < -0.4 is 4.74 Å². The molecule has 0 amide bonds. The van der Waals surface area contributed by atoms with Crippen LogP contribution in [-0.2, 0) is 21.9 Å². The second kappa shape index (κ2) is 8.40. The second-order valence-corrected chi connectivity index (χ2v) is 5.95. The number of carboxylic acids is 1. The summed E-state index contributed by atoms with van der Waals surface area (Å²) < 4.78 is 86.5. The number of carbonyl (C=O) groups is 2. The Hall–Kier alpha value is -2.99. The van der Waals surface area contributed by atoms with Gasteiger partial charge in [-0.05, 0) is 36.4 Å². The van der Waals surface area contributed by atoms with Crippen LogP contribution in [0.1, 0.15) is 21.5 Å². The molecular formula is C17H9ClF6O6. The van der Waals surface area contributed by atoms with Gasteiger partial charge in [0, 0.05) is 0 Å². The maximum Gasteiger partial charge on any atom is 0.417 e. The summed E-state index contributed by atoms with van der Waals surface area (Å²) in [6.45, 7) is 0. The third-order valence-electron chi connectivity index (χ3n) is 3.43. The van der Waals surface area contributed by atoms with Gasteiger partial charge in [0.1, 0.15) is 11.5 Å². The maximum absolute atomic E-state index is 13.1. The highest BCUT2D eigenvalue weighted by Gasteiger charge is 2.37. The molecule has 162 valence electrons. The number of ether oxygens (including phenoxy) is 2. The highest BCUT2D eigenvalue weighted by molar-refractivity contribution is 6.32. The third-order valence-corrected chi connectivity index (χ3v) is 3.73. The summed E-state index contributed by atoms with van der Waals surface area (Å²) in [4.78, 5) is 22.4. The molecule has 0 aliphatic rings. The zero-order valence-electron chi connectivity index (χ0n) is 14.2. The standard InChI is InChI=1S/C17H9ClF6O6/c18-11-5-7(16(19,20)21)1-4-12(11)29-8-2-3-10(17(22,23)24)9(6-8)14(27)30-15(28)13(25)26/h1-6,15,28H,(H,25,26). The van der Waals surface area contributed by atoms with Crippen LogP contribution in [0.25, 0.3) is 0 Å². The van der Waals surface area contributed by atoms with E-state index < -0.39 is 58.0 Å². The molecule has 0 aromatic heterocycles. The lowest BCUT2D eigenvalue weighted by molar-refractivity contribution is -0.167. The average Bonchev–Trinajstić information content (AvgIpc) is 2.61. The molecule has 0 saturated heterocycles. The Bertz CT molecular complexity index is 972. The van der Waals surface area contributed by atoms with Crippen LogP contribution >= 0.6 is 11.6 Å². The number of aliphatic hydroxyl groups is 1. The first kappa shape index (κ1) is 23.3. The smallest absolute Gasteiger partial charge is 0.417 e. The molecule has 2 aromatic carbocycles. The molecule has 2 rings (SSSR count). The first-order chi connectivity index (χ1) is 13.7. The predicted octanol–water partition coefficient (Wildman–Crippen LogP) is 4.73. The van der Waals surface area contributed by atoms with Crippen LogP contribution in [0.3, 0.4) is 0 Å². The molecule has 0 bridgehead atoms. The van der Waals surface area contributed by atoms with Crippen LogP contribution in [0.2, 0.25) is 5.02 Å². The fourth-order valence-electron chi connectivity index (χ4n) is 2.11. The fourth-order valence-corrected chi connectivity index (χ4v) is 2.32. The monoisotopic (exact) mass is 458 g/mol. The summed E-state index contributed by atoms with van der Waals surface area (Å²) >= 11 is 5.70. The number of benzene rings is 2. The van der Waals surface area contributed by atoms with Crippen molar-refractivity contribution in [2.75, 3.05) is 0 Å². The van der Waals surface area contributed by atoms with Gasteiger partial charge in [-0.25, -0.2) is 9.59 Å². The zero-order chi connectivity index (χ0) is 22.9. The van der Waals surface area contributed by atoms with Crippen molar-refractivity contribution in [3.8, 4) is 11.5 Å². The highest BCUT2D eigenvalue weighted by Crippen LogP contribution is 2.38. The lowest BCUT2D eigenvalue weighted by Gasteiger charge is -2.16. The third kappa shape index (κ3) is 5.54. The number of carbonyl (C=O) groups excluding carboxylic acids is 1. The van der Waals surface area contributed by atoms with E-state index in [1.54, 1.807) is 0 Å². The molecule has 0 spiro atoms. The minimum Gasteiger partial charge on any atom is -0.477 e. The number of carboxylic acid groups (broad SMARTS) is 1. The number of alkyl halides is 6. The zero-order valence-corrected chi connectivity index (χ0v) is 15.0. The summed E-state index contributed by atoms with van der Waals surface area (Å²) in [7, 11) is 0. The first-order valence-corrected chi connectivity index (χ1v) is 7.95. The lowest BCUT2D eigenvalue weighted by Crippen LogP contribution is -2.27. The van der Waals surface area contributed by atoms with Crippen LogP contribution in [0.4, 0.5) is 26.3 Å². The normalized spacial score (nSPS) is 12.9. The number of aliphatic carboxylic acids is 1.